The summed E-state index contributed by atoms with van der Waals surface area (Å²) in [6, 6.07) is 18.8. The Morgan fingerprint density at radius 1 is 1.00 bits per heavy atom. The molecule has 4 nitrogen and oxygen atoms in total. The van der Waals surface area contributed by atoms with Crippen LogP contribution < -0.4 is 0 Å². The van der Waals surface area contributed by atoms with Gasteiger partial charge in [0.05, 0.1) is 5.69 Å². The van der Waals surface area contributed by atoms with Gasteiger partial charge in [0.1, 0.15) is 0 Å². The average molecular weight is 340 g/mol. The first-order chi connectivity index (χ1) is 12.9. The van der Waals surface area contributed by atoms with Crippen LogP contribution in [0.4, 0.5) is 0 Å². The molecule has 1 aliphatic rings. The van der Waals surface area contributed by atoms with Gasteiger partial charge in [-0.1, -0.05) is 48.5 Å². The topological polar surface area (TPSA) is 44.8 Å². The first-order valence-corrected chi connectivity index (χ1v) is 9.04. The largest absolute Gasteiger partial charge is 0.361 e. The molecule has 2 aromatic heterocycles. The van der Waals surface area contributed by atoms with Crippen molar-refractivity contribution in [1.82, 2.24) is 19.9 Å². The molecule has 0 atom stereocenters. The second-order valence-corrected chi connectivity index (χ2v) is 6.85. The zero-order valence-electron chi connectivity index (χ0n) is 14.5. The van der Waals surface area contributed by atoms with Gasteiger partial charge in [0.25, 0.3) is 0 Å². The lowest BCUT2D eigenvalue weighted by Crippen LogP contribution is -2.31. The van der Waals surface area contributed by atoms with Crippen molar-refractivity contribution in [2.24, 2.45) is 0 Å². The van der Waals surface area contributed by atoms with Crippen molar-refractivity contribution >= 4 is 10.9 Å². The second kappa shape index (κ2) is 6.39. The van der Waals surface area contributed by atoms with Crippen LogP contribution in [0.3, 0.4) is 0 Å². The summed E-state index contributed by atoms with van der Waals surface area (Å²) in [7, 11) is 0. The van der Waals surface area contributed by atoms with Gasteiger partial charge in [-0.25, -0.2) is 9.97 Å². The molecular weight excluding hydrogens is 320 g/mol. The molecule has 0 unspecified atom stereocenters. The van der Waals surface area contributed by atoms with Crippen molar-refractivity contribution in [3.8, 4) is 11.4 Å². The van der Waals surface area contributed by atoms with E-state index in [9.17, 15) is 0 Å². The number of nitrogens with zero attached hydrogens (tertiary/aromatic N) is 3. The molecule has 3 heterocycles. The van der Waals surface area contributed by atoms with Gasteiger partial charge in [0.15, 0.2) is 5.82 Å². The van der Waals surface area contributed by atoms with Gasteiger partial charge < -0.3 is 4.98 Å². The van der Waals surface area contributed by atoms with Crippen LogP contribution in [0.15, 0.2) is 67.0 Å². The van der Waals surface area contributed by atoms with E-state index in [-0.39, 0.29) is 0 Å². The zero-order chi connectivity index (χ0) is 17.3. The summed E-state index contributed by atoms with van der Waals surface area (Å²) >= 11 is 0. The van der Waals surface area contributed by atoms with E-state index in [1.54, 1.807) is 0 Å². The van der Waals surface area contributed by atoms with Crippen LogP contribution in [-0.4, -0.2) is 26.4 Å². The van der Waals surface area contributed by atoms with Crippen molar-refractivity contribution < 1.29 is 0 Å². The number of H-pyrrole nitrogens is 1. The summed E-state index contributed by atoms with van der Waals surface area (Å²) in [5, 5.41) is 1.27. The van der Waals surface area contributed by atoms with E-state index in [1.807, 2.05) is 30.6 Å². The number of para-hydroxylation sites is 1. The Bertz CT molecular complexity index is 1050. The standard InChI is InChI=1S/C22H20N4/c1-2-5-17(6-3-1)22-24-13-18-10-12-26(15-20(18)25-22)14-19-8-4-7-16-9-11-23-21(16)19/h1-9,11,13,23H,10,12,14-15H2. The Morgan fingerprint density at radius 3 is 2.85 bits per heavy atom. The maximum Gasteiger partial charge on any atom is 0.159 e. The van der Waals surface area contributed by atoms with Crippen LogP contribution in [0.1, 0.15) is 16.8 Å². The molecule has 128 valence electrons. The summed E-state index contributed by atoms with van der Waals surface area (Å²) in [6.07, 6.45) is 5.03. The molecule has 0 spiro atoms. The maximum absolute atomic E-state index is 4.87. The van der Waals surface area contributed by atoms with Gasteiger partial charge in [-0.2, -0.15) is 0 Å². The first-order valence-electron chi connectivity index (χ1n) is 9.04. The minimum Gasteiger partial charge on any atom is -0.361 e. The summed E-state index contributed by atoms with van der Waals surface area (Å²) < 4.78 is 0. The molecule has 4 aromatic rings. The normalized spacial score (nSPS) is 14.5. The summed E-state index contributed by atoms with van der Waals surface area (Å²) in [5.41, 5.74) is 6.09. The number of fused-ring (bicyclic) bond motifs is 2. The minimum absolute atomic E-state index is 0.817. The molecule has 4 heteroatoms. The molecular formula is C22H20N4. The summed E-state index contributed by atoms with van der Waals surface area (Å²) in [5.74, 6) is 0.817. The van der Waals surface area contributed by atoms with E-state index in [0.29, 0.717) is 0 Å². The zero-order valence-corrected chi connectivity index (χ0v) is 14.5. The molecule has 0 saturated heterocycles. The molecule has 26 heavy (non-hydrogen) atoms. The number of aromatic nitrogens is 3. The lowest BCUT2D eigenvalue weighted by atomic mass is 10.0. The number of hydrogen-bond acceptors (Lipinski definition) is 3. The van der Waals surface area contributed by atoms with E-state index in [2.05, 4.69) is 51.3 Å². The van der Waals surface area contributed by atoms with Crippen molar-refractivity contribution in [2.45, 2.75) is 19.5 Å². The van der Waals surface area contributed by atoms with Crippen molar-refractivity contribution in [2.75, 3.05) is 6.54 Å². The first kappa shape index (κ1) is 15.3. The SMILES string of the molecule is c1ccc(-c2ncc3c(n2)CN(Cc2cccc4cc[nH]c24)CC3)cc1. The third kappa shape index (κ3) is 2.78. The van der Waals surface area contributed by atoms with Gasteiger partial charge in [0.2, 0.25) is 0 Å². The highest BCUT2D eigenvalue weighted by atomic mass is 15.1. The minimum atomic E-state index is 0.817. The molecule has 0 saturated carbocycles. The average Bonchev–Trinajstić information content (AvgIpc) is 3.18. The Hall–Kier alpha value is -2.98. The van der Waals surface area contributed by atoms with Crippen LogP contribution >= 0.6 is 0 Å². The van der Waals surface area contributed by atoms with Crippen molar-refractivity contribution in [3.05, 3.63) is 83.8 Å². The van der Waals surface area contributed by atoms with Crippen LogP contribution in [0, 0.1) is 0 Å². The van der Waals surface area contributed by atoms with Gasteiger partial charge in [-0.15, -0.1) is 0 Å². The van der Waals surface area contributed by atoms with E-state index in [4.69, 9.17) is 4.98 Å². The fourth-order valence-corrected chi connectivity index (χ4v) is 3.74. The van der Waals surface area contributed by atoms with Crippen LogP contribution in [-0.2, 0) is 19.5 Å². The highest BCUT2D eigenvalue weighted by Crippen LogP contribution is 2.24. The third-order valence-electron chi connectivity index (χ3n) is 5.12. The van der Waals surface area contributed by atoms with Crippen LogP contribution in [0.2, 0.25) is 0 Å². The molecule has 1 N–H and O–H groups in total. The Morgan fingerprint density at radius 2 is 1.92 bits per heavy atom. The molecule has 0 bridgehead atoms. The van der Waals surface area contributed by atoms with E-state index in [1.165, 1.54) is 22.0 Å². The van der Waals surface area contributed by atoms with E-state index < -0.39 is 0 Å². The number of hydrogen-bond donors (Lipinski definition) is 1. The summed E-state index contributed by atoms with van der Waals surface area (Å²) in [6.45, 7) is 2.84. The third-order valence-corrected chi connectivity index (χ3v) is 5.12. The molecule has 0 radical (unpaired) electrons. The molecule has 2 aromatic carbocycles. The summed E-state index contributed by atoms with van der Waals surface area (Å²) in [4.78, 5) is 15.3. The van der Waals surface area contributed by atoms with Gasteiger partial charge in [0, 0.05) is 43.1 Å². The number of aromatic amines is 1. The monoisotopic (exact) mass is 340 g/mol. The van der Waals surface area contributed by atoms with Crippen molar-refractivity contribution in [3.63, 3.8) is 0 Å². The lowest BCUT2D eigenvalue weighted by Gasteiger charge is -2.28. The molecule has 1 aliphatic heterocycles. The van der Waals surface area contributed by atoms with E-state index in [0.717, 1.165) is 43.1 Å². The van der Waals surface area contributed by atoms with Crippen LogP contribution in [0.25, 0.3) is 22.3 Å². The number of benzene rings is 2. The fourth-order valence-electron chi connectivity index (χ4n) is 3.74. The smallest absolute Gasteiger partial charge is 0.159 e. The van der Waals surface area contributed by atoms with Gasteiger partial charge in [-0.05, 0) is 29.0 Å². The lowest BCUT2D eigenvalue weighted by molar-refractivity contribution is 0.242. The number of nitrogens with one attached hydrogen (secondary N) is 1. The maximum atomic E-state index is 4.87. The molecule has 0 amide bonds. The van der Waals surface area contributed by atoms with Crippen LogP contribution in [0.5, 0.6) is 0 Å². The highest BCUT2D eigenvalue weighted by Gasteiger charge is 2.19. The molecule has 5 rings (SSSR count). The predicted molar refractivity (Wildman–Crippen MR) is 104 cm³/mol. The number of rotatable bonds is 3. The predicted octanol–water partition coefficient (Wildman–Crippen LogP) is 4.18. The quantitative estimate of drug-likeness (QED) is 0.608. The Kier molecular flexibility index (Phi) is 3.76. The Labute approximate surface area is 152 Å². The molecule has 0 fully saturated rings. The second-order valence-electron chi connectivity index (χ2n) is 6.85. The highest BCUT2D eigenvalue weighted by molar-refractivity contribution is 5.82. The van der Waals surface area contributed by atoms with Crippen molar-refractivity contribution in [1.29, 1.82) is 0 Å². The van der Waals surface area contributed by atoms with Gasteiger partial charge in [-0.3, -0.25) is 4.90 Å². The molecule has 0 aliphatic carbocycles. The fraction of sp³-hybridized carbons (Fsp3) is 0.182. The Balaban J connectivity index is 1.41. The van der Waals surface area contributed by atoms with E-state index >= 15 is 0 Å². The van der Waals surface area contributed by atoms with Gasteiger partial charge >= 0.3 is 0 Å².